The molecule has 1 aliphatic rings. The Kier molecular flexibility index (Phi) is 6.01. The van der Waals surface area contributed by atoms with Crippen LogP contribution in [-0.4, -0.2) is 31.6 Å². The standard InChI is InChI=1S/C19H19F2N3O5S/c1-12(13-4-6-14(7-5-13)23-10-2-3-18(23)25)22-16-9-8-15(11-17(16)24(26)27)30(28,29)19(20)21/h4-9,11-12,19,22H,2-3,10H2,1H3. The van der Waals surface area contributed by atoms with Crippen LogP contribution in [0.2, 0.25) is 0 Å². The van der Waals surface area contributed by atoms with Crippen molar-refractivity contribution in [2.75, 3.05) is 16.8 Å². The first-order valence-electron chi connectivity index (χ1n) is 9.08. The molecule has 1 atom stereocenters. The number of halogens is 2. The molecule has 0 spiro atoms. The topological polar surface area (TPSA) is 110 Å². The Balaban J connectivity index is 1.83. The third-order valence-corrected chi connectivity index (χ3v) is 6.26. The molecule has 1 saturated heterocycles. The quantitative estimate of drug-likeness (QED) is 0.518. The number of rotatable bonds is 7. The second kappa shape index (κ2) is 8.34. The Morgan fingerprint density at radius 1 is 1.17 bits per heavy atom. The molecular formula is C19H19F2N3O5S. The summed E-state index contributed by atoms with van der Waals surface area (Å²) in [5.74, 6) is -3.61. The van der Waals surface area contributed by atoms with E-state index in [0.717, 1.165) is 29.8 Å². The lowest BCUT2D eigenvalue weighted by Gasteiger charge is -2.19. The van der Waals surface area contributed by atoms with Gasteiger partial charge >= 0.3 is 5.76 Å². The molecule has 0 radical (unpaired) electrons. The summed E-state index contributed by atoms with van der Waals surface area (Å²) >= 11 is 0. The minimum absolute atomic E-state index is 0.000450. The van der Waals surface area contributed by atoms with Gasteiger partial charge in [0, 0.05) is 30.8 Å². The van der Waals surface area contributed by atoms with Crippen molar-refractivity contribution in [3.05, 3.63) is 58.1 Å². The van der Waals surface area contributed by atoms with Crippen LogP contribution in [0.1, 0.15) is 31.4 Å². The summed E-state index contributed by atoms with van der Waals surface area (Å²) in [5, 5.41) is 14.3. The molecule has 2 aromatic carbocycles. The number of nitro groups is 1. The van der Waals surface area contributed by atoms with E-state index in [9.17, 15) is 32.1 Å². The van der Waals surface area contributed by atoms with E-state index in [-0.39, 0.29) is 11.6 Å². The molecule has 8 nitrogen and oxygen atoms in total. The maximum atomic E-state index is 12.7. The monoisotopic (exact) mass is 439 g/mol. The minimum atomic E-state index is -4.95. The third-order valence-electron chi connectivity index (χ3n) is 4.88. The lowest BCUT2D eigenvalue weighted by Crippen LogP contribution is -2.23. The van der Waals surface area contributed by atoms with Crippen molar-refractivity contribution in [3.63, 3.8) is 0 Å². The predicted molar refractivity (Wildman–Crippen MR) is 106 cm³/mol. The Morgan fingerprint density at radius 2 is 1.83 bits per heavy atom. The van der Waals surface area contributed by atoms with Crippen LogP contribution in [0.25, 0.3) is 0 Å². The summed E-state index contributed by atoms with van der Waals surface area (Å²) in [6.45, 7) is 2.40. The molecule has 1 amide bonds. The maximum Gasteiger partial charge on any atom is 0.341 e. The largest absolute Gasteiger partial charge is 0.373 e. The van der Waals surface area contributed by atoms with Crippen LogP contribution < -0.4 is 10.2 Å². The zero-order valence-corrected chi connectivity index (χ0v) is 16.7. The Bertz CT molecular complexity index is 1070. The van der Waals surface area contributed by atoms with Crippen molar-refractivity contribution >= 4 is 32.8 Å². The highest BCUT2D eigenvalue weighted by molar-refractivity contribution is 7.91. The number of sulfone groups is 1. The van der Waals surface area contributed by atoms with Gasteiger partial charge in [-0.2, -0.15) is 8.78 Å². The molecule has 1 heterocycles. The number of benzene rings is 2. The Morgan fingerprint density at radius 3 is 2.37 bits per heavy atom. The molecule has 30 heavy (non-hydrogen) atoms. The summed E-state index contributed by atoms with van der Waals surface area (Å²) in [5.41, 5.74) is 0.910. The number of nitro benzene ring substituents is 1. The van der Waals surface area contributed by atoms with Gasteiger partial charge in [-0.1, -0.05) is 12.1 Å². The van der Waals surface area contributed by atoms with Gasteiger partial charge in [0.05, 0.1) is 9.82 Å². The second-order valence-electron chi connectivity index (χ2n) is 6.85. The lowest BCUT2D eigenvalue weighted by molar-refractivity contribution is -0.384. The zero-order valence-electron chi connectivity index (χ0n) is 15.9. The fourth-order valence-corrected chi connectivity index (χ4v) is 3.98. The molecule has 3 rings (SSSR count). The zero-order chi connectivity index (χ0) is 22.1. The van der Waals surface area contributed by atoms with Crippen molar-refractivity contribution in [2.45, 2.75) is 36.5 Å². The van der Waals surface area contributed by atoms with Gasteiger partial charge in [0.1, 0.15) is 5.69 Å². The van der Waals surface area contributed by atoms with Crippen LogP contribution in [0.5, 0.6) is 0 Å². The molecule has 2 aromatic rings. The number of anilines is 2. The van der Waals surface area contributed by atoms with E-state index in [2.05, 4.69) is 5.32 Å². The van der Waals surface area contributed by atoms with Crippen LogP contribution >= 0.6 is 0 Å². The van der Waals surface area contributed by atoms with Gasteiger partial charge in [0.15, 0.2) is 0 Å². The average Bonchev–Trinajstić information content (AvgIpc) is 3.13. The van der Waals surface area contributed by atoms with Gasteiger partial charge in [-0.05, 0) is 43.2 Å². The van der Waals surface area contributed by atoms with E-state index >= 15 is 0 Å². The van der Waals surface area contributed by atoms with Crippen molar-refractivity contribution in [3.8, 4) is 0 Å². The summed E-state index contributed by atoms with van der Waals surface area (Å²) in [4.78, 5) is 23.2. The number of carbonyl (C=O) groups excluding carboxylic acids is 1. The normalized spacial score (nSPS) is 15.5. The summed E-state index contributed by atoms with van der Waals surface area (Å²) in [6.07, 6.45) is 1.32. The van der Waals surface area contributed by atoms with E-state index in [4.69, 9.17) is 0 Å². The Labute approximate surface area is 171 Å². The highest BCUT2D eigenvalue weighted by Crippen LogP contribution is 2.32. The van der Waals surface area contributed by atoms with Gasteiger partial charge in [-0.25, -0.2) is 8.42 Å². The first-order chi connectivity index (χ1) is 14.1. The van der Waals surface area contributed by atoms with E-state index in [1.165, 1.54) is 0 Å². The molecule has 1 fully saturated rings. The SMILES string of the molecule is CC(Nc1ccc(S(=O)(=O)C(F)F)cc1[N+](=O)[O-])c1ccc(N2CCCC2=O)cc1. The summed E-state index contributed by atoms with van der Waals surface area (Å²) in [6, 6.07) is 9.34. The van der Waals surface area contributed by atoms with E-state index < -0.39 is 37.1 Å². The van der Waals surface area contributed by atoms with Crippen molar-refractivity contribution < 1.29 is 26.9 Å². The van der Waals surface area contributed by atoms with Gasteiger partial charge in [-0.3, -0.25) is 14.9 Å². The molecule has 1 aliphatic heterocycles. The van der Waals surface area contributed by atoms with Gasteiger partial charge < -0.3 is 10.2 Å². The molecule has 160 valence electrons. The minimum Gasteiger partial charge on any atom is -0.373 e. The smallest absolute Gasteiger partial charge is 0.341 e. The van der Waals surface area contributed by atoms with Crippen molar-refractivity contribution in [1.29, 1.82) is 0 Å². The second-order valence-corrected chi connectivity index (χ2v) is 8.77. The van der Waals surface area contributed by atoms with Crippen LogP contribution in [0.3, 0.4) is 0 Å². The molecular weight excluding hydrogens is 420 g/mol. The van der Waals surface area contributed by atoms with E-state index in [1.807, 2.05) is 0 Å². The highest BCUT2D eigenvalue weighted by Gasteiger charge is 2.29. The van der Waals surface area contributed by atoms with Crippen molar-refractivity contribution in [1.82, 2.24) is 0 Å². The number of nitrogens with zero attached hydrogens (tertiary/aromatic N) is 2. The number of hydrogen-bond donors (Lipinski definition) is 1. The number of hydrogen-bond acceptors (Lipinski definition) is 6. The fraction of sp³-hybridized carbons (Fsp3) is 0.316. The summed E-state index contributed by atoms with van der Waals surface area (Å²) < 4.78 is 48.7. The lowest BCUT2D eigenvalue weighted by atomic mass is 10.1. The van der Waals surface area contributed by atoms with Crippen LogP contribution in [0.4, 0.5) is 25.8 Å². The number of alkyl halides is 2. The summed E-state index contributed by atoms with van der Waals surface area (Å²) in [7, 11) is -4.95. The van der Waals surface area contributed by atoms with Crippen LogP contribution in [0, 0.1) is 10.1 Å². The van der Waals surface area contributed by atoms with Gasteiger partial charge in [0.25, 0.3) is 5.69 Å². The van der Waals surface area contributed by atoms with Crippen LogP contribution in [-0.2, 0) is 14.6 Å². The molecule has 0 bridgehead atoms. The number of nitrogens with one attached hydrogen (secondary N) is 1. The van der Waals surface area contributed by atoms with Crippen molar-refractivity contribution in [2.24, 2.45) is 0 Å². The fourth-order valence-electron chi connectivity index (χ4n) is 3.25. The maximum absolute atomic E-state index is 12.7. The predicted octanol–water partition coefficient (Wildman–Crippen LogP) is 3.89. The first kappa shape index (κ1) is 21.6. The molecule has 0 saturated carbocycles. The van der Waals surface area contributed by atoms with Gasteiger partial charge in [0.2, 0.25) is 15.7 Å². The molecule has 0 aromatic heterocycles. The molecule has 1 unspecified atom stereocenters. The van der Waals surface area contributed by atoms with E-state index in [0.29, 0.717) is 19.0 Å². The van der Waals surface area contributed by atoms with Crippen LogP contribution in [0.15, 0.2) is 47.4 Å². The van der Waals surface area contributed by atoms with E-state index in [1.54, 1.807) is 36.1 Å². The number of carbonyl (C=O) groups is 1. The first-order valence-corrected chi connectivity index (χ1v) is 10.6. The molecule has 1 N–H and O–H groups in total. The molecule has 0 aliphatic carbocycles. The Hall–Kier alpha value is -3.08. The average molecular weight is 439 g/mol. The third kappa shape index (κ3) is 4.25. The van der Waals surface area contributed by atoms with Gasteiger partial charge in [-0.15, -0.1) is 0 Å². The number of amides is 1. The highest BCUT2D eigenvalue weighted by atomic mass is 32.2. The molecule has 11 heteroatoms.